The molecule has 9 heteroatoms. The lowest BCUT2D eigenvalue weighted by Crippen LogP contribution is -2.08. The Labute approximate surface area is 123 Å². The first-order valence-corrected chi connectivity index (χ1v) is 6.33. The van der Waals surface area contributed by atoms with Crippen LogP contribution in [0.5, 0.6) is 0 Å². The highest BCUT2D eigenvalue weighted by Gasteiger charge is 2.10. The van der Waals surface area contributed by atoms with Gasteiger partial charge in [0.05, 0.1) is 12.7 Å². The number of tetrazole rings is 1. The van der Waals surface area contributed by atoms with E-state index in [2.05, 4.69) is 30.7 Å². The molecular formula is C13H11FN6O2. The van der Waals surface area contributed by atoms with E-state index < -0.39 is 11.8 Å². The first kappa shape index (κ1) is 13.9. The van der Waals surface area contributed by atoms with E-state index in [1.807, 2.05) is 0 Å². The topological polar surface area (TPSA) is 94.3 Å². The number of nitrogens with zero attached hydrogens (tertiary/aromatic N) is 5. The van der Waals surface area contributed by atoms with E-state index in [1.165, 1.54) is 29.9 Å². The third-order valence-corrected chi connectivity index (χ3v) is 3.00. The van der Waals surface area contributed by atoms with Crippen molar-refractivity contribution < 1.29 is 13.9 Å². The number of carbonyl (C=O) groups excluding carboxylic acids is 1. The molecule has 0 fully saturated rings. The van der Waals surface area contributed by atoms with Crippen LogP contribution in [0.2, 0.25) is 0 Å². The monoisotopic (exact) mass is 302 g/mol. The van der Waals surface area contributed by atoms with Crippen molar-refractivity contribution in [2.45, 2.75) is 6.54 Å². The van der Waals surface area contributed by atoms with E-state index in [9.17, 15) is 9.18 Å². The number of methoxy groups -OCH3 is 1. The van der Waals surface area contributed by atoms with Crippen molar-refractivity contribution in [3.05, 3.63) is 47.3 Å². The van der Waals surface area contributed by atoms with Crippen LogP contribution in [0.25, 0.3) is 5.65 Å². The fourth-order valence-electron chi connectivity index (χ4n) is 1.88. The summed E-state index contributed by atoms with van der Waals surface area (Å²) in [6.07, 6.45) is 0. The summed E-state index contributed by atoms with van der Waals surface area (Å²) >= 11 is 0. The standard InChI is InChI=1S/C13H11FN6O2/c1-22-13(21)8-2-3-10(14)9(6-8)7-15-11-4-5-12-16-18-19-20(12)17-11/h2-6H,7H2,1H3,(H,15,17). The number of esters is 1. The third kappa shape index (κ3) is 2.68. The number of ether oxygens (including phenoxy) is 1. The van der Waals surface area contributed by atoms with E-state index in [0.717, 1.165) is 0 Å². The SMILES string of the molecule is COC(=O)c1ccc(F)c(CNc2ccc3nnnn3n2)c1. The maximum atomic E-state index is 13.8. The molecule has 1 N–H and O–H groups in total. The molecule has 0 bridgehead atoms. The molecule has 0 unspecified atom stereocenters. The Morgan fingerprint density at radius 1 is 1.36 bits per heavy atom. The van der Waals surface area contributed by atoms with E-state index >= 15 is 0 Å². The Bertz CT molecular complexity index is 834. The molecule has 22 heavy (non-hydrogen) atoms. The van der Waals surface area contributed by atoms with Crippen LogP contribution in [-0.2, 0) is 11.3 Å². The number of hydrogen-bond donors (Lipinski definition) is 1. The van der Waals surface area contributed by atoms with E-state index in [4.69, 9.17) is 0 Å². The molecule has 2 heterocycles. The molecule has 0 saturated carbocycles. The summed E-state index contributed by atoms with van der Waals surface area (Å²) in [5.41, 5.74) is 1.11. The molecule has 0 aliphatic carbocycles. The Morgan fingerprint density at radius 3 is 3.05 bits per heavy atom. The van der Waals surface area contributed by atoms with E-state index in [-0.39, 0.29) is 12.1 Å². The van der Waals surface area contributed by atoms with Crippen molar-refractivity contribution in [1.29, 1.82) is 0 Å². The summed E-state index contributed by atoms with van der Waals surface area (Å²) in [5.74, 6) is -0.471. The molecule has 8 nitrogen and oxygen atoms in total. The predicted octanol–water partition coefficient (Wildman–Crippen LogP) is 1.06. The smallest absolute Gasteiger partial charge is 0.337 e. The Balaban J connectivity index is 1.79. The third-order valence-electron chi connectivity index (χ3n) is 3.00. The van der Waals surface area contributed by atoms with Gasteiger partial charge in [0.25, 0.3) is 0 Å². The summed E-state index contributed by atoms with van der Waals surface area (Å²) < 4.78 is 19.7. The van der Waals surface area contributed by atoms with Gasteiger partial charge in [0.1, 0.15) is 11.6 Å². The zero-order chi connectivity index (χ0) is 15.5. The number of halogens is 1. The first-order valence-electron chi connectivity index (χ1n) is 6.33. The van der Waals surface area contributed by atoms with Crippen LogP contribution >= 0.6 is 0 Å². The molecule has 0 saturated heterocycles. The molecule has 0 aliphatic rings. The van der Waals surface area contributed by atoms with Gasteiger partial charge in [-0.05, 0) is 40.8 Å². The fraction of sp³-hybridized carbons (Fsp3) is 0.154. The highest BCUT2D eigenvalue weighted by molar-refractivity contribution is 5.89. The Kier molecular flexibility index (Phi) is 3.60. The molecule has 0 atom stereocenters. The fourth-order valence-corrected chi connectivity index (χ4v) is 1.88. The average Bonchev–Trinajstić information content (AvgIpc) is 3.01. The number of rotatable bonds is 4. The van der Waals surface area contributed by atoms with Crippen LogP contribution in [0, 0.1) is 5.82 Å². The van der Waals surface area contributed by atoms with Crippen LogP contribution in [0.15, 0.2) is 30.3 Å². The van der Waals surface area contributed by atoms with Gasteiger partial charge in [-0.25, -0.2) is 9.18 Å². The van der Waals surface area contributed by atoms with Gasteiger partial charge in [-0.15, -0.1) is 14.8 Å². The van der Waals surface area contributed by atoms with Gasteiger partial charge in [-0.2, -0.15) is 0 Å². The summed E-state index contributed by atoms with van der Waals surface area (Å²) in [7, 11) is 1.27. The lowest BCUT2D eigenvalue weighted by molar-refractivity contribution is 0.0600. The lowest BCUT2D eigenvalue weighted by atomic mass is 10.1. The van der Waals surface area contributed by atoms with Crippen LogP contribution < -0.4 is 5.32 Å². The van der Waals surface area contributed by atoms with Crippen LogP contribution in [0.1, 0.15) is 15.9 Å². The second kappa shape index (κ2) is 5.72. The van der Waals surface area contributed by atoms with Crippen molar-refractivity contribution in [2.75, 3.05) is 12.4 Å². The molecule has 0 aliphatic heterocycles. The summed E-state index contributed by atoms with van der Waals surface area (Å²) in [4.78, 5) is 11.5. The molecule has 3 aromatic rings. The zero-order valence-electron chi connectivity index (χ0n) is 11.5. The minimum absolute atomic E-state index is 0.150. The van der Waals surface area contributed by atoms with Crippen molar-refractivity contribution in [3.8, 4) is 0 Å². The van der Waals surface area contributed by atoms with Crippen LogP contribution in [-0.4, -0.2) is 38.3 Å². The van der Waals surface area contributed by atoms with Gasteiger partial charge in [0.15, 0.2) is 5.65 Å². The van der Waals surface area contributed by atoms with Gasteiger partial charge < -0.3 is 10.1 Å². The second-order valence-corrected chi connectivity index (χ2v) is 4.40. The summed E-state index contributed by atoms with van der Waals surface area (Å²) in [5, 5.41) is 17.9. The maximum absolute atomic E-state index is 13.8. The molecule has 3 rings (SSSR count). The number of anilines is 1. The number of hydrogen-bond acceptors (Lipinski definition) is 7. The van der Waals surface area contributed by atoms with E-state index in [1.54, 1.807) is 12.1 Å². The summed E-state index contributed by atoms with van der Waals surface area (Å²) in [6.45, 7) is 0.150. The Morgan fingerprint density at radius 2 is 2.23 bits per heavy atom. The van der Waals surface area contributed by atoms with Gasteiger partial charge in [-0.1, -0.05) is 0 Å². The highest BCUT2D eigenvalue weighted by Crippen LogP contribution is 2.13. The Hall–Kier alpha value is -3.10. The molecule has 1 aromatic carbocycles. The van der Waals surface area contributed by atoms with Crippen molar-refractivity contribution in [3.63, 3.8) is 0 Å². The largest absolute Gasteiger partial charge is 0.465 e. The highest BCUT2D eigenvalue weighted by atomic mass is 19.1. The number of benzene rings is 1. The number of aromatic nitrogens is 5. The van der Waals surface area contributed by atoms with Gasteiger partial charge in [-0.3, -0.25) is 0 Å². The molecular weight excluding hydrogens is 291 g/mol. The molecule has 0 radical (unpaired) electrons. The first-order chi connectivity index (χ1) is 10.7. The van der Waals surface area contributed by atoms with Crippen molar-refractivity contribution >= 4 is 17.4 Å². The normalized spacial score (nSPS) is 10.6. The summed E-state index contributed by atoms with van der Waals surface area (Å²) in [6, 6.07) is 7.38. The molecule has 0 amide bonds. The molecule has 112 valence electrons. The minimum atomic E-state index is -0.519. The number of nitrogens with one attached hydrogen (secondary N) is 1. The van der Waals surface area contributed by atoms with Gasteiger partial charge in [0, 0.05) is 12.1 Å². The lowest BCUT2D eigenvalue weighted by Gasteiger charge is -2.08. The van der Waals surface area contributed by atoms with Crippen molar-refractivity contribution in [1.82, 2.24) is 25.3 Å². The quantitative estimate of drug-likeness (QED) is 0.720. The average molecular weight is 302 g/mol. The molecule has 0 spiro atoms. The molecule has 2 aromatic heterocycles. The van der Waals surface area contributed by atoms with Crippen LogP contribution in [0.3, 0.4) is 0 Å². The van der Waals surface area contributed by atoms with Crippen molar-refractivity contribution in [2.24, 2.45) is 0 Å². The van der Waals surface area contributed by atoms with Gasteiger partial charge in [0.2, 0.25) is 0 Å². The second-order valence-electron chi connectivity index (χ2n) is 4.40. The van der Waals surface area contributed by atoms with E-state index in [0.29, 0.717) is 17.0 Å². The van der Waals surface area contributed by atoms with Gasteiger partial charge >= 0.3 is 5.97 Å². The van der Waals surface area contributed by atoms with Crippen LogP contribution in [0.4, 0.5) is 10.2 Å². The number of fused-ring (bicyclic) bond motifs is 1. The minimum Gasteiger partial charge on any atom is -0.465 e. The predicted molar refractivity (Wildman–Crippen MR) is 73.6 cm³/mol. The number of carbonyl (C=O) groups is 1. The zero-order valence-corrected chi connectivity index (χ0v) is 11.5. The maximum Gasteiger partial charge on any atom is 0.337 e.